The molecular weight excluding hydrogens is 300 g/mol. The highest BCUT2D eigenvalue weighted by Gasteiger charge is 2.17. The molecule has 0 atom stereocenters. The Hall–Kier alpha value is -0.980. The largest absolute Gasteiger partial charge is 0.394 e. The number of carbonyl (C=O) groups is 1. The quantitative estimate of drug-likeness (QED) is 0.771. The zero-order valence-corrected chi connectivity index (χ0v) is 11.9. The number of carbonyl (C=O) groups excluding carboxylic acids is 1. The molecule has 6 heteroatoms. The van der Waals surface area contributed by atoms with Crippen LogP contribution in [0.3, 0.4) is 0 Å². The first kappa shape index (κ1) is 15.1. The van der Waals surface area contributed by atoms with Gasteiger partial charge in [-0.05, 0) is 35.0 Å². The van der Waals surface area contributed by atoms with Crippen LogP contribution >= 0.6 is 15.9 Å². The minimum Gasteiger partial charge on any atom is -0.394 e. The van der Waals surface area contributed by atoms with E-state index in [9.17, 15) is 4.79 Å². The lowest BCUT2D eigenvalue weighted by atomic mass is 10.3. The summed E-state index contributed by atoms with van der Waals surface area (Å²) in [6.45, 7) is 3.67. The summed E-state index contributed by atoms with van der Waals surface area (Å²) >= 11 is 3.31. The number of halogens is 1. The van der Waals surface area contributed by atoms with E-state index in [2.05, 4.69) is 20.9 Å². The number of hydrogen-bond donors (Lipinski definition) is 1. The Bertz CT molecular complexity index is 387. The van der Waals surface area contributed by atoms with Gasteiger partial charge in [0.1, 0.15) is 5.69 Å². The lowest BCUT2D eigenvalue weighted by molar-refractivity contribution is 0.0574. The summed E-state index contributed by atoms with van der Waals surface area (Å²) in [5, 5.41) is 8.59. The molecular formula is C12H17BrN2O3. The van der Waals surface area contributed by atoms with Crippen molar-refractivity contribution in [2.24, 2.45) is 0 Å². The van der Waals surface area contributed by atoms with Crippen LogP contribution in [0.1, 0.15) is 17.4 Å². The van der Waals surface area contributed by atoms with Crippen molar-refractivity contribution in [1.82, 2.24) is 9.88 Å². The smallest absolute Gasteiger partial charge is 0.273 e. The predicted molar refractivity (Wildman–Crippen MR) is 71.4 cm³/mol. The molecule has 0 fully saturated rings. The molecule has 1 amide bonds. The Kier molecular flexibility index (Phi) is 6.85. The van der Waals surface area contributed by atoms with Crippen LogP contribution in [0.15, 0.2) is 22.8 Å². The van der Waals surface area contributed by atoms with Crippen molar-refractivity contribution in [3.63, 3.8) is 0 Å². The lowest BCUT2D eigenvalue weighted by Crippen LogP contribution is -2.34. The molecule has 0 aliphatic rings. The molecule has 18 heavy (non-hydrogen) atoms. The maximum Gasteiger partial charge on any atom is 0.273 e. The SMILES string of the molecule is CCN(CCOCCO)C(=O)c1ncccc1Br. The average molecular weight is 317 g/mol. The Balaban J connectivity index is 2.59. The third-order valence-corrected chi connectivity index (χ3v) is 3.01. The topological polar surface area (TPSA) is 62.7 Å². The van der Waals surface area contributed by atoms with Crippen molar-refractivity contribution in [2.75, 3.05) is 32.9 Å². The zero-order chi connectivity index (χ0) is 13.4. The second-order valence-corrected chi connectivity index (χ2v) is 4.41. The van der Waals surface area contributed by atoms with Gasteiger partial charge in [-0.1, -0.05) is 0 Å². The van der Waals surface area contributed by atoms with Gasteiger partial charge in [0, 0.05) is 23.8 Å². The van der Waals surface area contributed by atoms with E-state index in [0.717, 1.165) is 0 Å². The molecule has 1 heterocycles. The van der Waals surface area contributed by atoms with Gasteiger partial charge in [0.25, 0.3) is 5.91 Å². The van der Waals surface area contributed by atoms with E-state index in [4.69, 9.17) is 9.84 Å². The number of hydrogen-bond acceptors (Lipinski definition) is 4. The van der Waals surface area contributed by atoms with Gasteiger partial charge >= 0.3 is 0 Å². The Morgan fingerprint density at radius 2 is 2.33 bits per heavy atom. The fourth-order valence-corrected chi connectivity index (χ4v) is 1.86. The van der Waals surface area contributed by atoms with Crippen molar-refractivity contribution >= 4 is 21.8 Å². The Labute approximate surface area is 115 Å². The van der Waals surface area contributed by atoms with E-state index in [-0.39, 0.29) is 12.5 Å². The van der Waals surface area contributed by atoms with Crippen molar-refractivity contribution in [3.05, 3.63) is 28.5 Å². The van der Waals surface area contributed by atoms with Crippen LogP contribution in [0.5, 0.6) is 0 Å². The monoisotopic (exact) mass is 316 g/mol. The van der Waals surface area contributed by atoms with Crippen LogP contribution in [-0.2, 0) is 4.74 Å². The van der Waals surface area contributed by atoms with Crippen molar-refractivity contribution in [2.45, 2.75) is 6.92 Å². The first-order valence-electron chi connectivity index (χ1n) is 5.79. The normalized spacial score (nSPS) is 10.4. The van der Waals surface area contributed by atoms with Gasteiger partial charge in [-0.2, -0.15) is 0 Å². The van der Waals surface area contributed by atoms with Crippen molar-refractivity contribution in [1.29, 1.82) is 0 Å². The van der Waals surface area contributed by atoms with Gasteiger partial charge in [0.15, 0.2) is 0 Å². The van der Waals surface area contributed by atoms with E-state index in [1.807, 2.05) is 6.92 Å². The minimum absolute atomic E-state index is 0.00808. The summed E-state index contributed by atoms with van der Waals surface area (Å²) in [6.07, 6.45) is 1.59. The number of aliphatic hydroxyl groups excluding tert-OH is 1. The molecule has 0 radical (unpaired) electrons. The van der Waals surface area contributed by atoms with E-state index in [1.165, 1.54) is 0 Å². The molecule has 0 saturated heterocycles. The van der Waals surface area contributed by atoms with Gasteiger partial charge in [0.2, 0.25) is 0 Å². The summed E-state index contributed by atoms with van der Waals surface area (Å²) in [5.41, 5.74) is 0.404. The number of aromatic nitrogens is 1. The number of rotatable bonds is 7. The third-order valence-electron chi connectivity index (χ3n) is 2.37. The predicted octanol–water partition coefficient (Wildman–Crippen LogP) is 1.32. The maximum absolute atomic E-state index is 12.2. The Morgan fingerprint density at radius 3 is 2.94 bits per heavy atom. The molecule has 0 saturated carbocycles. The number of pyridine rings is 1. The van der Waals surface area contributed by atoms with Crippen molar-refractivity contribution in [3.8, 4) is 0 Å². The lowest BCUT2D eigenvalue weighted by Gasteiger charge is -2.20. The van der Waals surface area contributed by atoms with Gasteiger partial charge < -0.3 is 14.7 Å². The highest BCUT2D eigenvalue weighted by molar-refractivity contribution is 9.10. The van der Waals surface area contributed by atoms with Crippen LogP contribution < -0.4 is 0 Å². The van der Waals surface area contributed by atoms with Crippen LogP contribution in [0.25, 0.3) is 0 Å². The molecule has 1 N–H and O–H groups in total. The fraction of sp³-hybridized carbons (Fsp3) is 0.500. The molecule has 1 rings (SSSR count). The first-order chi connectivity index (χ1) is 8.70. The first-order valence-corrected chi connectivity index (χ1v) is 6.58. The standard InChI is InChI=1S/C12H17BrN2O3/c1-2-15(6-8-18-9-7-16)12(17)11-10(13)4-3-5-14-11/h3-5,16H,2,6-9H2,1H3. The third kappa shape index (κ3) is 4.36. The molecule has 0 spiro atoms. The van der Waals surface area contributed by atoms with E-state index >= 15 is 0 Å². The summed E-state index contributed by atoms with van der Waals surface area (Å²) in [4.78, 5) is 17.9. The second-order valence-electron chi connectivity index (χ2n) is 3.55. The highest BCUT2D eigenvalue weighted by Crippen LogP contribution is 2.15. The fourth-order valence-electron chi connectivity index (χ4n) is 1.44. The summed E-state index contributed by atoms with van der Waals surface area (Å²) < 4.78 is 5.84. The number of aliphatic hydroxyl groups is 1. The maximum atomic E-state index is 12.2. The molecule has 0 unspecified atom stereocenters. The van der Waals surface area contributed by atoms with Crippen LogP contribution in [0, 0.1) is 0 Å². The van der Waals surface area contributed by atoms with Crippen molar-refractivity contribution < 1.29 is 14.6 Å². The molecule has 0 aromatic carbocycles. The molecule has 100 valence electrons. The Morgan fingerprint density at radius 1 is 1.56 bits per heavy atom. The molecule has 1 aromatic heterocycles. The number of nitrogens with zero attached hydrogens (tertiary/aromatic N) is 2. The highest BCUT2D eigenvalue weighted by atomic mass is 79.9. The van der Waals surface area contributed by atoms with Gasteiger partial charge in [-0.15, -0.1) is 0 Å². The van der Waals surface area contributed by atoms with E-state index < -0.39 is 0 Å². The van der Waals surface area contributed by atoms with E-state index in [1.54, 1.807) is 23.2 Å². The molecule has 5 nitrogen and oxygen atoms in total. The number of likely N-dealkylation sites (N-methyl/N-ethyl adjacent to an activating group) is 1. The molecule has 1 aromatic rings. The van der Waals surface area contributed by atoms with Crippen LogP contribution in [0.4, 0.5) is 0 Å². The minimum atomic E-state index is -0.127. The van der Waals surface area contributed by atoms with Gasteiger partial charge in [-0.25, -0.2) is 4.98 Å². The second kappa shape index (κ2) is 8.18. The molecule has 0 bridgehead atoms. The average Bonchev–Trinajstić information content (AvgIpc) is 2.39. The zero-order valence-electron chi connectivity index (χ0n) is 10.3. The van der Waals surface area contributed by atoms with E-state index in [0.29, 0.717) is 36.5 Å². The van der Waals surface area contributed by atoms with Crippen LogP contribution in [0.2, 0.25) is 0 Å². The summed E-state index contributed by atoms with van der Waals surface area (Å²) in [6, 6.07) is 3.55. The number of ether oxygens (including phenoxy) is 1. The van der Waals surface area contributed by atoms with Gasteiger partial charge in [0.05, 0.1) is 19.8 Å². The summed E-state index contributed by atoms with van der Waals surface area (Å²) in [5.74, 6) is -0.127. The number of amides is 1. The summed E-state index contributed by atoms with van der Waals surface area (Å²) in [7, 11) is 0. The van der Waals surface area contributed by atoms with Crippen LogP contribution in [-0.4, -0.2) is 53.8 Å². The molecule has 0 aliphatic heterocycles. The van der Waals surface area contributed by atoms with Gasteiger partial charge in [-0.3, -0.25) is 4.79 Å². The molecule has 0 aliphatic carbocycles.